The number of aliphatic hydroxyl groups excluding tert-OH is 5. The van der Waals surface area contributed by atoms with Crippen LogP contribution < -0.4 is 0 Å². The molecule has 2 heterocycles. The largest absolute Gasteiger partial charge is 0.467 e. The number of esters is 1. The Morgan fingerprint density at radius 3 is 2.12 bits per heavy atom. The molecule has 11 heteroatoms. The Balaban J connectivity index is 2.17. The predicted octanol–water partition coefficient (Wildman–Crippen LogP) is -3.29. The van der Waals surface area contributed by atoms with Crippen LogP contribution in [0.3, 0.4) is 0 Å². The predicted molar refractivity (Wildman–Crippen MR) is 81.5 cm³/mol. The van der Waals surface area contributed by atoms with Gasteiger partial charge < -0.3 is 49.2 Å². The van der Waals surface area contributed by atoms with Crippen molar-refractivity contribution in [3.63, 3.8) is 0 Å². The van der Waals surface area contributed by atoms with Crippen LogP contribution >= 0.6 is 0 Å². The normalized spacial score (nSPS) is 46.8. The second-order valence-electron chi connectivity index (χ2n) is 6.33. The molecule has 2 fully saturated rings. The van der Waals surface area contributed by atoms with Crippen molar-refractivity contribution in [3.8, 4) is 0 Å². The van der Waals surface area contributed by atoms with E-state index in [2.05, 4.69) is 4.74 Å². The second kappa shape index (κ2) is 8.87. The van der Waals surface area contributed by atoms with E-state index in [9.17, 15) is 30.3 Å². The first-order valence-corrected chi connectivity index (χ1v) is 8.16. The van der Waals surface area contributed by atoms with Crippen LogP contribution in [0, 0.1) is 5.92 Å². The van der Waals surface area contributed by atoms with Gasteiger partial charge in [0.05, 0.1) is 19.8 Å². The van der Waals surface area contributed by atoms with Crippen molar-refractivity contribution >= 4 is 5.97 Å². The van der Waals surface area contributed by atoms with Crippen molar-refractivity contribution < 1.29 is 54.0 Å². The zero-order valence-electron chi connectivity index (χ0n) is 14.7. The Bertz CT molecular complexity index is 473. The van der Waals surface area contributed by atoms with Gasteiger partial charge in [0.25, 0.3) is 0 Å². The molecule has 0 amide bonds. The van der Waals surface area contributed by atoms with Gasteiger partial charge >= 0.3 is 5.97 Å². The summed E-state index contributed by atoms with van der Waals surface area (Å²) in [4.78, 5) is 11.8. The molecule has 2 aliphatic rings. The summed E-state index contributed by atoms with van der Waals surface area (Å²) in [5.74, 6) is -1.54. The molecule has 0 aromatic heterocycles. The number of hydrogen-bond donors (Lipinski definition) is 5. The number of carbonyl (C=O) groups is 1. The van der Waals surface area contributed by atoms with Gasteiger partial charge in [-0.25, -0.2) is 4.79 Å². The molecule has 10 atom stereocenters. The Morgan fingerprint density at radius 2 is 1.58 bits per heavy atom. The molecule has 11 nitrogen and oxygen atoms in total. The second-order valence-corrected chi connectivity index (χ2v) is 6.33. The molecule has 2 rings (SSSR count). The fourth-order valence-corrected chi connectivity index (χ4v) is 3.07. The van der Waals surface area contributed by atoms with Crippen LogP contribution in [-0.4, -0.2) is 108 Å². The molecular weight excluding hydrogens is 356 g/mol. The lowest BCUT2D eigenvalue weighted by atomic mass is 9.90. The summed E-state index contributed by atoms with van der Waals surface area (Å²) in [6.07, 6.45) is -12.3. The summed E-state index contributed by atoms with van der Waals surface area (Å²) in [5.41, 5.74) is 0. The standard InChI is InChI=1S/C15H26O11/c1-5-7(17)9(19)15(25-11(5)13(21)22-2)26-12-6(4-16)24-14(23-3)10(20)8(12)18/h5-12,14-20H,4H2,1-3H3. The van der Waals surface area contributed by atoms with E-state index in [1.807, 2.05) is 0 Å². The highest BCUT2D eigenvalue weighted by Gasteiger charge is 2.51. The van der Waals surface area contributed by atoms with E-state index in [0.717, 1.165) is 7.11 Å². The monoisotopic (exact) mass is 382 g/mol. The molecule has 152 valence electrons. The molecule has 0 radical (unpaired) electrons. The van der Waals surface area contributed by atoms with Gasteiger partial charge in [0.15, 0.2) is 18.7 Å². The molecule has 0 aromatic carbocycles. The van der Waals surface area contributed by atoms with Gasteiger partial charge in [0, 0.05) is 13.0 Å². The first-order valence-electron chi connectivity index (χ1n) is 8.16. The SMILES string of the molecule is COC(=O)C1OC(OC2C(CO)OC(OC)C(O)C2O)C(O)C(O)C1C. The summed E-state index contributed by atoms with van der Waals surface area (Å²) in [6.45, 7) is 0.907. The Hall–Kier alpha value is -0.890. The van der Waals surface area contributed by atoms with Crippen LogP contribution in [0.4, 0.5) is 0 Å². The summed E-state index contributed by atoms with van der Waals surface area (Å²) in [5, 5.41) is 50.1. The number of carbonyl (C=O) groups excluding carboxylic acids is 1. The van der Waals surface area contributed by atoms with Gasteiger partial charge in [-0.15, -0.1) is 0 Å². The van der Waals surface area contributed by atoms with E-state index in [4.69, 9.17) is 18.9 Å². The quantitative estimate of drug-likeness (QED) is 0.303. The lowest BCUT2D eigenvalue weighted by Crippen LogP contribution is -2.63. The van der Waals surface area contributed by atoms with Crippen molar-refractivity contribution in [1.29, 1.82) is 0 Å². The summed E-state index contributed by atoms with van der Waals surface area (Å²) >= 11 is 0. The van der Waals surface area contributed by atoms with E-state index in [-0.39, 0.29) is 0 Å². The third-order valence-electron chi connectivity index (χ3n) is 4.70. The zero-order chi connectivity index (χ0) is 19.6. The van der Waals surface area contributed by atoms with Crippen molar-refractivity contribution in [1.82, 2.24) is 0 Å². The van der Waals surface area contributed by atoms with Crippen molar-refractivity contribution in [3.05, 3.63) is 0 Å². The Labute approximate surface area is 150 Å². The number of hydrogen-bond acceptors (Lipinski definition) is 11. The van der Waals surface area contributed by atoms with Gasteiger partial charge in [-0.05, 0) is 0 Å². The number of rotatable bonds is 5. The zero-order valence-corrected chi connectivity index (χ0v) is 14.7. The molecule has 0 aliphatic carbocycles. The van der Waals surface area contributed by atoms with Gasteiger partial charge in [0.1, 0.15) is 30.5 Å². The average Bonchev–Trinajstić information content (AvgIpc) is 2.65. The molecule has 5 N–H and O–H groups in total. The maximum atomic E-state index is 11.8. The van der Waals surface area contributed by atoms with Crippen LogP contribution in [-0.2, 0) is 28.5 Å². The van der Waals surface area contributed by atoms with Crippen molar-refractivity contribution in [2.24, 2.45) is 5.92 Å². The molecule has 2 aliphatic heterocycles. The van der Waals surface area contributed by atoms with Gasteiger partial charge in [-0.2, -0.15) is 0 Å². The minimum Gasteiger partial charge on any atom is -0.467 e. The van der Waals surface area contributed by atoms with Crippen molar-refractivity contribution in [2.75, 3.05) is 20.8 Å². The molecule has 0 aromatic rings. The van der Waals surface area contributed by atoms with Crippen LogP contribution in [0.5, 0.6) is 0 Å². The number of aliphatic hydroxyl groups is 5. The maximum Gasteiger partial charge on any atom is 0.335 e. The summed E-state index contributed by atoms with van der Waals surface area (Å²) < 4.78 is 25.7. The summed E-state index contributed by atoms with van der Waals surface area (Å²) in [6, 6.07) is 0. The van der Waals surface area contributed by atoms with Gasteiger partial charge in [-0.3, -0.25) is 0 Å². The molecule has 2 saturated heterocycles. The Kier molecular flexibility index (Phi) is 7.30. The fourth-order valence-electron chi connectivity index (χ4n) is 3.07. The van der Waals surface area contributed by atoms with E-state index in [1.54, 1.807) is 0 Å². The average molecular weight is 382 g/mol. The van der Waals surface area contributed by atoms with E-state index in [0.29, 0.717) is 0 Å². The topological polar surface area (TPSA) is 164 Å². The Morgan fingerprint density at radius 1 is 0.962 bits per heavy atom. The molecule has 26 heavy (non-hydrogen) atoms. The summed E-state index contributed by atoms with van der Waals surface area (Å²) in [7, 11) is 2.40. The third-order valence-corrected chi connectivity index (χ3v) is 4.70. The maximum absolute atomic E-state index is 11.8. The van der Waals surface area contributed by atoms with E-state index < -0.39 is 73.8 Å². The molecule has 0 bridgehead atoms. The lowest BCUT2D eigenvalue weighted by molar-refractivity contribution is -0.350. The highest BCUT2D eigenvalue weighted by atomic mass is 16.7. The minimum atomic E-state index is -1.55. The number of ether oxygens (including phenoxy) is 5. The van der Waals surface area contributed by atoms with Crippen molar-refractivity contribution in [2.45, 2.75) is 62.2 Å². The third kappa shape index (κ3) is 4.01. The molecule has 0 saturated carbocycles. The van der Waals surface area contributed by atoms with Gasteiger partial charge in [0.2, 0.25) is 0 Å². The first kappa shape index (κ1) is 21.4. The smallest absolute Gasteiger partial charge is 0.335 e. The first-order chi connectivity index (χ1) is 12.3. The van der Waals surface area contributed by atoms with Crippen LogP contribution in [0.25, 0.3) is 0 Å². The highest BCUT2D eigenvalue weighted by Crippen LogP contribution is 2.31. The van der Waals surface area contributed by atoms with E-state index >= 15 is 0 Å². The van der Waals surface area contributed by atoms with Crippen LogP contribution in [0.15, 0.2) is 0 Å². The highest BCUT2D eigenvalue weighted by molar-refractivity contribution is 5.75. The molecule has 0 spiro atoms. The van der Waals surface area contributed by atoms with Crippen LogP contribution in [0.1, 0.15) is 6.92 Å². The van der Waals surface area contributed by atoms with E-state index in [1.165, 1.54) is 14.0 Å². The number of methoxy groups -OCH3 is 2. The molecular formula is C15H26O11. The molecule has 10 unspecified atom stereocenters. The lowest BCUT2D eigenvalue weighted by Gasteiger charge is -2.45. The van der Waals surface area contributed by atoms with Gasteiger partial charge in [-0.1, -0.05) is 6.92 Å². The van der Waals surface area contributed by atoms with Crippen LogP contribution in [0.2, 0.25) is 0 Å². The fraction of sp³-hybridized carbons (Fsp3) is 0.933. The minimum absolute atomic E-state index is 0.587.